The fourth-order valence-electron chi connectivity index (χ4n) is 5.08. The Kier molecular flexibility index (Phi) is 2.44. The monoisotopic (exact) mass is 272 g/mol. The average Bonchev–Trinajstić information content (AvgIpc) is 3.20. The molecular weight excluding hydrogens is 252 g/mol. The highest BCUT2D eigenvalue weighted by atomic mass is 14.6. The van der Waals surface area contributed by atoms with E-state index in [1.165, 1.54) is 30.4 Å². The lowest BCUT2D eigenvalue weighted by Crippen LogP contribution is -2.03. The number of benzene rings is 2. The molecule has 0 nitrogen and oxygen atoms in total. The summed E-state index contributed by atoms with van der Waals surface area (Å²) in [5.74, 6) is 3.83. The first-order chi connectivity index (χ1) is 10.4. The molecule has 0 aromatic heterocycles. The van der Waals surface area contributed by atoms with Crippen LogP contribution >= 0.6 is 0 Å². The molecule has 21 heavy (non-hydrogen) atoms. The Morgan fingerprint density at radius 3 is 1.62 bits per heavy atom. The van der Waals surface area contributed by atoms with E-state index in [4.69, 9.17) is 0 Å². The fraction of sp³-hybridized carbons (Fsp3) is 0.333. The van der Waals surface area contributed by atoms with Crippen molar-refractivity contribution in [2.75, 3.05) is 0 Å². The van der Waals surface area contributed by atoms with Crippen molar-refractivity contribution in [3.63, 3.8) is 0 Å². The van der Waals surface area contributed by atoms with Crippen LogP contribution in [0, 0.1) is 23.7 Å². The van der Waals surface area contributed by atoms with Gasteiger partial charge in [0.05, 0.1) is 0 Å². The van der Waals surface area contributed by atoms with Gasteiger partial charge in [-0.3, -0.25) is 0 Å². The van der Waals surface area contributed by atoms with E-state index >= 15 is 0 Å². The summed E-state index contributed by atoms with van der Waals surface area (Å²) in [5.41, 5.74) is 6.18. The predicted octanol–water partition coefficient (Wildman–Crippen LogP) is 5.16. The van der Waals surface area contributed by atoms with Gasteiger partial charge in [-0.15, -0.1) is 0 Å². The number of rotatable bonds is 2. The molecule has 0 N–H and O–H groups in total. The van der Waals surface area contributed by atoms with Gasteiger partial charge in [0.25, 0.3) is 0 Å². The summed E-state index contributed by atoms with van der Waals surface area (Å²) in [6, 6.07) is 22.1. The van der Waals surface area contributed by atoms with Crippen LogP contribution in [0.5, 0.6) is 0 Å². The van der Waals surface area contributed by atoms with Gasteiger partial charge in [-0.05, 0) is 59.6 Å². The Morgan fingerprint density at radius 2 is 1.14 bits per heavy atom. The van der Waals surface area contributed by atoms with Crippen LogP contribution in [-0.2, 0) is 0 Å². The Labute approximate surface area is 126 Å². The molecule has 0 unspecified atom stereocenters. The molecule has 0 saturated heterocycles. The number of hydrogen-bond donors (Lipinski definition) is 0. The van der Waals surface area contributed by atoms with Gasteiger partial charge in [0.1, 0.15) is 0 Å². The van der Waals surface area contributed by atoms with Crippen LogP contribution in [-0.4, -0.2) is 0 Å². The van der Waals surface area contributed by atoms with E-state index in [0.29, 0.717) is 0 Å². The van der Waals surface area contributed by atoms with Crippen LogP contribution < -0.4 is 0 Å². The minimum atomic E-state index is 0.885. The molecular formula is C21H20. The SMILES string of the molecule is c1ccc(C(=C2[C@H]3CC[C@@H]2[C@@H]2C[C@@H]23)c2ccccc2)cc1. The summed E-state index contributed by atoms with van der Waals surface area (Å²) < 4.78 is 0. The van der Waals surface area contributed by atoms with Gasteiger partial charge in [-0.2, -0.15) is 0 Å². The fourth-order valence-corrected chi connectivity index (χ4v) is 5.08. The summed E-state index contributed by atoms with van der Waals surface area (Å²) in [4.78, 5) is 0. The molecule has 2 bridgehead atoms. The van der Waals surface area contributed by atoms with E-state index in [0.717, 1.165) is 23.7 Å². The molecule has 0 aliphatic heterocycles. The lowest BCUT2D eigenvalue weighted by atomic mass is 9.86. The molecule has 0 radical (unpaired) electrons. The van der Waals surface area contributed by atoms with E-state index in [9.17, 15) is 0 Å². The highest BCUT2D eigenvalue weighted by Gasteiger charge is 2.60. The van der Waals surface area contributed by atoms with Crippen molar-refractivity contribution in [1.29, 1.82) is 0 Å². The minimum absolute atomic E-state index is 0.885. The Balaban J connectivity index is 1.74. The smallest absolute Gasteiger partial charge is 0.0114 e. The molecule has 3 saturated carbocycles. The number of fused-ring (bicyclic) bond motifs is 5. The Bertz CT molecular complexity index is 636. The highest BCUT2D eigenvalue weighted by molar-refractivity contribution is 5.83. The first kappa shape index (κ1) is 11.8. The topological polar surface area (TPSA) is 0 Å². The highest BCUT2D eigenvalue weighted by Crippen LogP contribution is 2.69. The maximum absolute atomic E-state index is 2.29. The zero-order valence-corrected chi connectivity index (χ0v) is 12.2. The van der Waals surface area contributed by atoms with Gasteiger partial charge in [-0.25, -0.2) is 0 Å². The molecule has 0 heteroatoms. The summed E-state index contributed by atoms with van der Waals surface area (Å²) in [6.45, 7) is 0. The van der Waals surface area contributed by atoms with Crippen molar-refractivity contribution in [1.82, 2.24) is 0 Å². The predicted molar refractivity (Wildman–Crippen MR) is 86.7 cm³/mol. The minimum Gasteiger partial charge on any atom is -0.0622 e. The van der Waals surface area contributed by atoms with Crippen molar-refractivity contribution in [2.45, 2.75) is 19.3 Å². The summed E-state index contributed by atoms with van der Waals surface area (Å²) >= 11 is 0. The lowest BCUT2D eigenvalue weighted by Gasteiger charge is -2.18. The molecule has 2 aromatic rings. The van der Waals surface area contributed by atoms with Crippen LogP contribution in [0.2, 0.25) is 0 Å². The Morgan fingerprint density at radius 1 is 0.667 bits per heavy atom. The maximum atomic E-state index is 2.29. The summed E-state index contributed by atoms with van der Waals surface area (Å²) in [7, 11) is 0. The largest absolute Gasteiger partial charge is 0.0622 e. The van der Waals surface area contributed by atoms with Crippen LogP contribution in [0.15, 0.2) is 66.2 Å². The van der Waals surface area contributed by atoms with E-state index in [1.54, 1.807) is 11.1 Å². The van der Waals surface area contributed by atoms with Gasteiger partial charge >= 0.3 is 0 Å². The molecule has 0 amide bonds. The maximum Gasteiger partial charge on any atom is -0.0114 e. The van der Waals surface area contributed by atoms with Gasteiger partial charge in [0.15, 0.2) is 0 Å². The van der Waals surface area contributed by atoms with Crippen molar-refractivity contribution < 1.29 is 0 Å². The molecule has 0 spiro atoms. The number of hydrogen-bond acceptors (Lipinski definition) is 0. The second-order valence-electron chi connectivity index (χ2n) is 6.92. The van der Waals surface area contributed by atoms with Gasteiger partial charge in [-0.1, -0.05) is 66.2 Å². The lowest BCUT2D eigenvalue weighted by molar-refractivity contribution is 0.456. The molecule has 4 atom stereocenters. The van der Waals surface area contributed by atoms with E-state index in [-0.39, 0.29) is 0 Å². The second kappa shape index (κ2) is 4.34. The molecule has 3 aliphatic rings. The standard InChI is InChI=1S/C21H20/c1-3-7-14(8-4-1)20(15-9-5-2-6-10-15)21-16-11-12-17(21)19-13-18(16)19/h1-10,16-19H,11-13H2/t16-,17+,18+,19-. The molecule has 5 rings (SSSR count). The molecule has 3 aliphatic carbocycles. The van der Waals surface area contributed by atoms with Crippen molar-refractivity contribution in [3.8, 4) is 0 Å². The first-order valence-corrected chi connectivity index (χ1v) is 8.28. The Hall–Kier alpha value is -1.82. The summed E-state index contributed by atoms with van der Waals surface area (Å²) in [6.07, 6.45) is 4.38. The quantitative estimate of drug-likeness (QED) is 0.708. The van der Waals surface area contributed by atoms with Crippen LogP contribution in [0.3, 0.4) is 0 Å². The van der Waals surface area contributed by atoms with E-state index < -0.39 is 0 Å². The van der Waals surface area contributed by atoms with Gasteiger partial charge in [0, 0.05) is 0 Å². The van der Waals surface area contributed by atoms with Crippen LogP contribution in [0.25, 0.3) is 5.57 Å². The van der Waals surface area contributed by atoms with Gasteiger partial charge in [0.2, 0.25) is 0 Å². The third kappa shape index (κ3) is 1.68. The third-order valence-corrected chi connectivity index (χ3v) is 5.93. The zero-order chi connectivity index (χ0) is 13.8. The molecule has 104 valence electrons. The summed E-state index contributed by atoms with van der Waals surface area (Å²) in [5, 5.41) is 0. The van der Waals surface area contributed by atoms with Crippen LogP contribution in [0.1, 0.15) is 30.4 Å². The average molecular weight is 272 g/mol. The van der Waals surface area contributed by atoms with E-state index in [1.807, 2.05) is 0 Å². The molecule has 2 aromatic carbocycles. The second-order valence-corrected chi connectivity index (χ2v) is 6.92. The normalized spacial score (nSPS) is 32.1. The van der Waals surface area contributed by atoms with Gasteiger partial charge < -0.3 is 0 Å². The van der Waals surface area contributed by atoms with E-state index in [2.05, 4.69) is 60.7 Å². The molecule has 0 heterocycles. The van der Waals surface area contributed by atoms with Crippen molar-refractivity contribution in [3.05, 3.63) is 77.4 Å². The van der Waals surface area contributed by atoms with Crippen molar-refractivity contribution >= 4 is 5.57 Å². The van der Waals surface area contributed by atoms with Crippen LogP contribution in [0.4, 0.5) is 0 Å². The third-order valence-electron chi connectivity index (χ3n) is 5.93. The van der Waals surface area contributed by atoms with Crippen molar-refractivity contribution in [2.24, 2.45) is 23.7 Å². The zero-order valence-electron chi connectivity index (χ0n) is 12.2. The first-order valence-electron chi connectivity index (χ1n) is 8.28. The number of allylic oxidation sites excluding steroid dienone is 1. The molecule has 3 fully saturated rings.